The molecular weight excluding hydrogens is 335 g/mol. The number of morpholine rings is 1. The number of carbonyl (C=O) groups is 1. The molecule has 0 unspecified atom stereocenters. The Morgan fingerprint density at radius 1 is 1.31 bits per heavy atom. The van der Waals surface area contributed by atoms with Crippen molar-refractivity contribution in [3.05, 3.63) is 53.5 Å². The Labute approximate surface area is 153 Å². The topological polar surface area (TPSA) is 55.6 Å². The second kappa shape index (κ2) is 7.58. The maximum Gasteiger partial charge on any atom is 0.225 e. The molecule has 0 radical (unpaired) electrons. The van der Waals surface area contributed by atoms with Crippen LogP contribution in [-0.2, 0) is 16.0 Å². The van der Waals surface area contributed by atoms with E-state index >= 15 is 0 Å². The van der Waals surface area contributed by atoms with Crippen LogP contribution in [0.15, 0.2) is 34.9 Å². The van der Waals surface area contributed by atoms with Crippen molar-refractivity contribution in [3.63, 3.8) is 0 Å². The summed E-state index contributed by atoms with van der Waals surface area (Å²) in [5.74, 6) is 1.04. The fourth-order valence-corrected chi connectivity index (χ4v) is 2.95. The predicted molar refractivity (Wildman–Crippen MR) is 95.1 cm³/mol. The Balaban J connectivity index is 1.63. The van der Waals surface area contributed by atoms with Crippen LogP contribution in [0.3, 0.4) is 0 Å². The molecule has 0 spiro atoms. The number of nitrogens with zero attached hydrogens (tertiary/aromatic N) is 2. The van der Waals surface area contributed by atoms with Crippen molar-refractivity contribution >= 4 is 5.91 Å². The fourth-order valence-electron chi connectivity index (χ4n) is 2.95. The van der Waals surface area contributed by atoms with Crippen LogP contribution in [0.1, 0.15) is 50.5 Å². The second-order valence-corrected chi connectivity index (χ2v) is 7.90. The second-order valence-electron chi connectivity index (χ2n) is 7.90. The summed E-state index contributed by atoms with van der Waals surface area (Å²) in [6.45, 7) is 7.67. The minimum Gasteiger partial charge on any atom is -0.442 e. The monoisotopic (exact) mass is 360 g/mol. The molecule has 3 rings (SSSR count). The molecule has 0 bridgehead atoms. The summed E-state index contributed by atoms with van der Waals surface area (Å²) in [5.41, 5.74) is 0.900. The Kier molecular flexibility index (Phi) is 5.41. The minimum absolute atomic E-state index is 0.0455. The summed E-state index contributed by atoms with van der Waals surface area (Å²) in [7, 11) is 0. The lowest BCUT2D eigenvalue weighted by atomic mass is 9.91. The van der Waals surface area contributed by atoms with Gasteiger partial charge in [-0.25, -0.2) is 9.37 Å². The fraction of sp³-hybridized carbons (Fsp3) is 0.500. The Morgan fingerprint density at radius 2 is 2.04 bits per heavy atom. The average molecular weight is 360 g/mol. The molecule has 0 saturated carbocycles. The number of benzene rings is 1. The van der Waals surface area contributed by atoms with Gasteiger partial charge in [0, 0.05) is 19.4 Å². The number of oxazole rings is 1. The van der Waals surface area contributed by atoms with Gasteiger partial charge in [-0.1, -0.05) is 32.9 Å². The molecule has 1 amide bonds. The zero-order valence-corrected chi connectivity index (χ0v) is 15.5. The number of hydrogen-bond donors (Lipinski definition) is 0. The first-order chi connectivity index (χ1) is 12.3. The van der Waals surface area contributed by atoms with Crippen molar-refractivity contribution in [3.8, 4) is 0 Å². The van der Waals surface area contributed by atoms with Crippen molar-refractivity contribution < 1.29 is 18.3 Å². The summed E-state index contributed by atoms with van der Waals surface area (Å²) in [5, 5.41) is 0. The zero-order valence-electron chi connectivity index (χ0n) is 15.5. The van der Waals surface area contributed by atoms with Crippen molar-refractivity contribution in [2.75, 3.05) is 19.7 Å². The first-order valence-corrected chi connectivity index (χ1v) is 8.88. The third kappa shape index (κ3) is 4.91. The molecule has 6 heteroatoms. The van der Waals surface area contributed by atoms with Crippen LogP contribution in [-0.4, -0.2) is 35.5 Å². The van der Waals surface area contributed by atoms with E-state index in [1.807, 2.05) is 4.90 Å². The molecule has 2 heterocycles. The van der Waals surface area contributed by atoms with Gasteiger partial charge in [0.25, 0.3) is 0 Å². The van der Waals surface area contributed by atoms with Gasteiger partial charge in [-0.2, -0.15) is 0 Å². The van der Waals surface area contributed by atoms with Gasteiger partial charge in [-0.15, -0.1) is 0 Å². The molecule has 1 aliphatic rings. The van der Waals surface area contributed by atoms with Crippen LogP contribution in [0, 0.1) is 11.2 Å². The van der Waals surface area contributed by atoms with Gasteiger partial charge in [0.05, 0.1) is 19.3 Å². The van der Waals surface area contributed by atoms with E-state index in [9.17, 15) is 9.18 Å². The molecule has 0 N–H and O–H groups in total. The van der Waals surface area contributed by atoms with E-state index in [4.69, 9.17) is 9.15 Å². The molecule has 1 aromatic heterocycles. The summed E-state index contributed by atoms with van der Waals surface area (Å²) >= 11 is 0. The number of halogens is 1. The maximum absolute atomic E-state index is 13.0. The van der Waals surface area contributed by atoms with Crippen LogP contribution >= 0.6 is 0 Å². The molecule has 0 aliphatic carbocycles. The largest absolute Gasteiger partial charge is 0.442 e. The van der Waals surface area contributed by atoms with Crippen molar-refractivity contribution in [2.24, 2.45) is 5.41 Å². The molecular formula is C20H25FN2O3. The molecule has 5 nitrogen and oxygen atoms in total. The average Bonchev–Trinajstić information content (AvgIpc) is 3.04. The first kappa shape index (κ1) is 18.6. The lowest BCUT2D eigenvalue weighted by Crippen LogP contribution is -2.43. The standard InChI is InChI=1S/C20H25FN2O3/c1-20(2,3)11-18(24)23-8-9-25-17(13-23)19-22-12-16(26-19)10-14-4-6-15(21)7-5-14/h4-7,12,17H,8-11,13H2,1-3H3/t17-/m1/s1. The molecule has 1 aromatic carbocycles. The Bertz CT molecular complexity index is 749. The smallest absolute Gasteiger partial charge is 0.225 e. The normalized spacial score (nSPS) is 18.2. The lowest BCUT2D eigenvalue weighted by molar-refractivity contribution is -0.141. The van der Waals surface area contributed by atoms with E-state index in [0.717, 1.165) is 5.56 Å². The molecule has 26 heavy (non-hydrogen) atoms. The van der Waals surface area contributed by atoms with E-state index in [2.05, 4.69) is 25.8 Å². The van der Waals surface area contributed by atoms with Crippen molar-refractivity contribution in [1.29, 1.82) is 0 Å². The van der Waals surface area contributed by atoms with Crippen LogP contribution in [0.5, 0.6) is 0 Å². The quantitative estimate of drug-likeness (QED) is 0.833. The van der Waals surface area contributed by atoms with E-state index in [1.165, 1.54) is 12.1 Å². The highest BCUT2D eigenvalue weighted by Crippen LogP contribution is 2.26. The molecule has 140 valence electrons. The lowest BCUT2D eigenvalue weighted by Gasteiger charge is -2.33. The van der Waals surface area contributed by atoms with Gasteiger partial charge in [-0.05, 0) is 23.1 Å². The number of carbonyl (C=O) groups excluding carboxylic acids is 1. The van der Waals surface area contributed by atoms with E-state index < -0.39 is 0 Å². The molecule has 1 atom stereocenters. The number of aromatic nitrogens is 1. The van der Waals surface area contributed by atoms with E-state index in [-0.39, 0.29) is 23.2 Å². The van der Waals surface area contributed by atoms with Gasteiger partial charge in [0.15, 0.2) is 6.10 Å². The van der Waals surface area contributed by atoms with Crippen molar-refractivity contribution in [2.45, 2.75) is 39.7 Å². The maximum atomic E-state index is 13.0. The number of hydrogen-bond acceptors (Lipinski definition) is 4. The van der Waals surface area contributed by atoms with Gasteiger partial charge >= 0.3 is 0 Å². The summed E-state index contributed by atoms with van der Waals surface area (Å²) < 4.78 is 24.6. The van der Waals surface area contributed by atoms with E-state index in [1.54, 1.807) is 18.3 Å². The summed E-state index contributed by atoms with van der Waals surface area (Å²) in [6, 6.07) is 6.30. The first-order valence-electron chi connectivity index (χ1n) is 8.88. The molecule has 2 aromatic rings. The van der Waals surface area contributed by atoms with E-state index in [0.29, 0.717) is 44.2 Å². The van der Waals surface area contributed by atoms with Crippen LogP contribution in [0.2, 0.25) is 0 Å². The van der Waals surface area contributed by atoms with Crippen molar-refractivity contribution in [1.82, 2.24) is 9.88 Å². The highest BCUT2D eigenvalue weighted by atomic mass is 19.1. The minimum atomic E-state index is -0.352. The summed E-state index contributed by atoms with van der Waals surface area (Å²) in [4.78, 5) is 18.6. The third-order valence-corrected chi connectivity index (χ3v) is 4.24. The summed E-state index contributed by atoms with van der Waals surface area (Å²) in [6.07, 6.45) is 2.35. The molecule has 1 saturated heterocycles. The van der Waals surface area contributed by atoms with Gasteiger partial charge < -0.3 is 14.1 Å². The number of rotatable bonds is 4. The molecule has 1 fully saturated rings. The van der Waals surface area contributed by atoms with Gasteiger partial charge in [-0.3, -0.25) is 4.79 Å². The predicted octanol–water partition coefficient (Wildman–Crippen LogP) is 3.74. The molecule has 1 aliphatic heterocycles. The Morgan fingerprint density at radius 3 is 2.73 bits per heavy atom. The SMILES string of the molecule is CC(C)(C)CC(=O)N1CCO[C@@H](c2ncc(Cc3ccc(F)cc3)o2)C1. The highest BCUT2D eigenvalue weighted by Gasteiger charge is 2.30. The Hall–Kier alpha value is -2.21. The van der Waals surface area contributed by atoms with Crippen LogP contribution in [0.25, 0.3) is 0 Å². The van der Waals surface area contributed by atoms with Gasteiger partial charge in [0.1, 0.15) is 11.6 Å². The van der Waals surface area contributed by atoms with Gasteiger partial charge in [0.2, 0.25) is 11.8 Å². The third-order valence-electron chi connectivity index (χ3n) is 4.24. The number of amides is 1. The highest BCUT2D eigenvalue weighted by molar-refractivity contribution is 5.77. The number of ether oxygens (including phenoxy) is 1. The zero-order chi connectivity index (χ0) is 18.7. The van der Waals surface area contributed by atoms with Crippen LogP contribution in [0.4, 0.5) is 4.39 Å². The van der Waals surface area contributed by atoms with Crippen LogP contribution < -0.4 is 0 Å².